The Morgan fingerprint density at radius 2 is 1.96 bits per heavy atom. The van der Waals surface area contributed by atoms with Crippen molar-refractivity contribution in [1.82, 2.24) is 20.9 Å². The van der Waals surface area contributed by atoms with E-state index in [0.29, 0.717) is 19.3 Å². The quantitative estimate of drug-likeness (QED) is 0.519. The number of amides is 3. The van der Waals surface area contributed by atoms with E-state index in [0.717, 1.165) is 29.3 Å². The maximum atomic E-state index is 12.9. The molecule has 1 saturated carbocycles. The van der Waals surface area contributed by atoms with Crippen LogP contribution in [0.15, 0.2) is 30.5 Å². The highest BCUT2D eigenvalue weighted by Crippen LogP contribution is 2.25. The molecule has 3 atom stereocenters. The van der Waals surface area contributed by atoms with E-state index >= 15 is 0 Å². The van der Waals surface area contributed by atoms with Crippen molar-refractivity contribution in [3.8, 4) is 0 Å². The molecule has 0 unspecified atom stereocenters. The van der Waals surface area contributed by atoms with E-state index in [-0.39, 0.29) is 11.8 Å². The Morgan fingerprint density at radius 1 is 1.21 bits per heavy atom. The van der Waals surface area contributed by atoms with Gasteiger partial charge >= 0.3 is 6.09 Å². The summed E-state index contributed by atoms with van der Waals surface area (Å²) in [5, 5.41) is 17.9. The summed E-state index contributed by atoms with van der Waals surface area (Å²) in [7, 11) is 1.53. The molecule has 2 aromatic rings. The van der Waals surface area contributed by atoms with Gasteiger partial charge < -0.3 is 26.0 Å². The highest BCUT2D eigenvalue weighted by atomic mass is 16.4. The number of para-hydroxylation sites is 1. The smallest absolute Gasteiger partial charge is 0.404 e. The molecule has 8 heteroatoms. The average Bonchev–Trinajstić information content (AvgIpc) is 3.09. The summed E-state index contributed by atoms with van der Waals surface area (Å²) in [4.78, 5) is 39.5. The Balaban J connectivity index is 1.75. The van der Waals surface area contributed by atoms with Crippen molar-refractivity contribution in [2.75, 3.05) is 7.05 Å². The zero-order chi connectivity index (χ0) is 20.1. The summed E-state index contributed by atoms with van der Waals surface area (Å²) in [6, 6.07) is 6.62. The predicted octanol–water partition coefficient (Wildman–Crippen LogP) is 1.77. The highest BCUT2D eigenvalue weighted by Gasteiger charge is 2.34. The SMILES string of the molecule is CNC(=O)[C@H](Cc1c[nH]c2ccccc12)NC(=O)[C@@H]1CCCC[C@@H]1NC(=O)O. The largest absolute Gasteiger partial charge is 0.465 e. The number of carboxylic acid groups (broad SMARTS) is 1. The first-order chi connectivity index (χ1) is 13.5. The lowest BCUT2D eigenvalue weighted by molar-refractivity contribution is -0.132. The predicted molar refractivity (Wildman–Crippen MR) is 105 cm³/mol. The number of benzene rings is 1. The Hall–Kier alpha value is -3.03. The van der Waals surface area contributed by atoms with E-state index in [1.165, 1.54) is 7.05 Å². The molecule has 0 spiro atoms. The van der Waals surface area contributed by atoms with Crippen molar-refractivity contribution in [1.29, 1.82) is 0 Å². The number of likely N-dealkylation sites (N-methyl/N-ethyl adjacent to an activating group) is 1. The molecule has 28 heavy (non-hydrogen) atoms. The first-order valence-corrected chi connectivity index (χ1v) is 9.56. The van der Waals surface area contributed by atoms with E-state index < -0.39 is 24.1 Å². The molecule has 1 fully saturated rings. The molecule has 0 saturated heterocycles. The third-order valence-corrected chi connectivity index (χ3v) is 5.39. The van der Waals surface area contributed by atoms with Crippen LogP contribution < -0.4 is 16.0 Å². The summed E-state index contributed by atoms with van der Waals surface area (Å²) in [6.45, 7) is 0. The minimum atomic E-state index is -1.13. The molecule has 5 N–H and O–H groups in total. The van der Waals surface area contributed by atoms with Crippen LogP contribution in [-0.2, 0) is 16.0 Å². The van der Waals surface area contributed by atoms with Gasteiger partial charge in [0.05, 0.1) is 5.92 Å². The van der Waals surface area contributed by atoms with Gasteiger partial charge in [-0.2, -0.15) is 0 Å². The van der Waals surface area contributed by atoms with E-state index in [9.17, 15) is 14.4 Å². The van der Waals surface area contributed by atoms with Crippen LogP contribution in [0.1, 0.15) is 31.2 Å². The summed E-state index contributed by atoms with van der Waals surface area (Å²) >= 11 is 0. The van der Waals surface area contributed by atoms with Crippen LogP contribution in [0, 0.1) is 5.92 Å². The summed E-state index contributed by atoms with van der Waals surface area (Å²) in [5.41, 5.74) is 1.91. The lowest BCUT2D eigenvalue weighted by Crippen LogP contribution is -2.53. The second-order valence-corrected chi connectivity index (χ2v) is 7.19. The Kier molecular flexibility index (Phi) is 6.18. The molecule has 1 aromatic heterocycles. The van der Waals surface area contributed by atoms with Gasteiger partial charge in [-0.05, 0) is 24.5 Å². The van der Waals surface area contributed by atoms with Crippen molar-refractivity contribution in [2.24, 2.45) is 5.92 Å². The van der Waals surface area contributed by atoms with Crippen LogP contribution in [0.3, 0.4) is 0 Å². The first kappa shape index (κ1) is 19.7. The van der Waals surface area contributed by atoms with Crippen molar-refractivity contribution >= 4 is 28.8 Å². The molecular weight excluding hydrogens is 360 g/mol. The molecule has 1 aromatic carbocycles. The molecule has 8 nitrogen and oxygen atoms in total. The zero-order valence-corrected chi connectivity index (χ0v) is 15.8. The fourth-order valence-electron chi connectivity index (χ4n) is 3.96. The van der Waals surface area contributed by atoms with Crippen LogP contribution >= 0.6 is 0 Å². The lowest BCUT2D eigenvalue weighted by Gasteiger charge is -2.31. The van der Waals surface area contributed by atoms with E-state index in [1.807, 2.05) is 30.5 Å². The van der Waals surface area contributed by atoms with Crippen LogP contribution in [-0.4, -0.2) is 47.1 Å². The minimum absolute atomic E-state index is 0.280. The minimum Gasteiger partial charge on any atom is -0.465 e. The number of nitrogens with one attached hydrogen (secondary N) is 4. The van der Waals surface area contributed by atoms with Gasteiger partial charge in [0, 0.05) is 36.6 Å². The van der Waals surface area contributed by atoms with Crippen LogP contribution in [0.25, 0.3) is 10.9 Å². The number of fused-ring (bicyclic) bond motifs is 1. The summed E-state index contributed by atoms with van der Waals surface area (Å²) in [6.07, 6.45) is 4.03. The number of aromatic nitrogens is 1. The van der Waals surface area contributed by atoms with Crippen LogP contribution in [0.5, 0.6) is 0 Å². The number of rotatable bonds is 6. The monoisotopic (exact) mass is 386 g/mol. The van der Waals surface area contributed by atoms with Gasteiger partial charge in [-0.25, -0.2) is 4.79 Å². The number of carbonyl (C=O) groups is 3. The highest BCUT2D eigenvalue weighted by molar-refractivity contribution is 5.90. The molecule has 3 amide bonds. The van der Waals surface area contributed by atoms with Crippen molar-refractivity contribution < 1.29 is 19.5 Å². The number of aromatic amines is 1. The maximum absolute atomic E-state index is 12.9. The Bertz CT molecular complexity index is 863. The fraction of sp³-hybridized carbons (Fsp3) is 0.450. The number of H-pyrrole nitrogens is 1. The third-order valence-electron chi connectivity index (χ3n) is 5.39. The zero-order valence-electron chi connectivity index (χ0n) is 15.8. The topological polar surface area (TPSA) is 123 Å². The molecule has 0 radical (unpaired) electrons. The normalized spacial score (nSPS) is 20.3. The van der Waals surface area contributed by atoms with E-state index in [2.05, 4.69) is 20.9 Å². The molecule has 0 aliphatic heterocycles. The fourth-order valence-corrected chi connectivity index (χ4v) is 3.96. The number of carbonyl (C=O) groups excluding carboxylic acids is 2. The number of hydrogen-bond donors (Lipinski definition) is 5. The van der Waals surface area contributed by atoms with E-state index in [4.69, 9.17) is 5.11 Å². The van der Waals surface area contributed by atoms with Crippen molar-refractivity contribution in [2.45, 2.75) is 44.2 Å². The van der Waals surface area contributed by atoms with E-state index in [1.54, 1.807) is 0 Å². The average molecular weight is 386 g/mol. The first-order valence-electron chi connectivity index (χ1n) is 9.56. The molecule has 1 aliphatic rings. The second-order valence-electron chi connectivity index (χ2n) is 7.19. The van der Waals surface area contributed by atoms with Gasteiger partial charge in [-0.3, -0.25) is 9.59 Å². The number of hydrogen-bond acceptors (Lipinski definition) is 3. The lowest BCUT2D eigenvalue weighted by atomic mass is 9.83. The van der Waals surface area contributed by atoms with Gasteiger partial charge in [-0.15, -0.1) is 0 Å². The van der Waals surface area contributed by atoms with Crippen LogP contribution in [0.2, 0.25) is 0 Å². The molecule has 1 aliphatic carbocycles. The molecule has 0 bridgehead atoms. The van der Waals surface area contributed by atoms with Crippen molar-refractivity contribution in [3.05, 3.63) is 36.0 Å². The summed E-state index contributed by atoms with van der Waals surface area (Å²) in [5.74, 6) is -1.04. The van der Waals surface area contributed by atoms with Crippen LogP contribution in [0.4, 0.5) is 4.79 Å². The maximum Gasteiger partial charge on any atom is 0.404 e. The van der Waals surface area contributed by atoms with Gasteiger partial charge in [0.1, 0.15) is 6.04 Å². The molecule has 3 rings (SSSR count). The molecule has 1 heterocycles. The summed E-state index contributed by atoms with van der Waals surface area (Å²) < 4.78 is 0. The molecular formula is C20H26N4O4. The second kappa shape index (κ2) is 8.77. The third kappa shape index (κ3) is 4.44. The van der Waals surface area contributed by atoms with Gasteiger partial charge in [0.2, 0.25) is 11.8 Å². The standard InChI is InChI=1S/C20H26N4O4/c1-21-19(26)17(10-12-11-22-15-8-4-2-6-13(12)15)23-18(25)14-7-3-5-9-16(14)24-20(27)28/h2,4,6,8,11,14,16-17,22,24H,3,5,7,9-10H2,1H3,(H,21,26)(H,23,25)(H,27,28)/t14-,16+,17+/m1/s1. The Morgan fingerprint density at radius 3 is 2.71 bits per heavy atom. The van der Waals surface area contributed by atoms with Gasteiger partial charge in [0.15, 0.2) is 0 Å². The van der Waals surface area contributed by atoms with Gasteiger partial charge in [0.25, 0.3) is 0 Å². The van der Waals surface area contributed by atoms with Gasteiger partial charge in [-0.1, -0.05) is 31.0 Å². The molecule has 150 valence electrons. The van der Waals surface area contributed by atoms with Crippen molar-refractivity contribution in [3.63, 3.8) is 0 Å². The Labute approximate surface area is 163 Å².